The Morgan fingerprint density at radius 1 is 1.40 bits per heavy atom. The molecule has 1 radical (unpaired) electrons. The number of benzene rings is 1. The number of thiol groups is 1. The largest absolute Gasteiger partial charge is 0.494 e. The molecule has 0 amide bonds. The molecule has 0 spiro atoms. The van der Waals surface area contributed by atoms with Crippen LogP contribution in [0.1, 0.15) is 25.8 Å². The molecule has 1 aromatic carbocycles. The smallest absolute Gasteiger partial charge is 0.140 e. The highest BCUT2D eigenvalue weighted by Gasteiger charge is 2.16. The van der Waals surface area contributed by atoms with Gasteiger partial charge in [-0.2, -0.15) is 0 Å². The van der Waals surface area contributed by atoms with E-state index >= 15 is 0 Å². The first-order valence-corrected chi connectivity index (χ1v) is 8.54. The number of hydrogen-bond acceptors (Lipinski definition) is 3. The van der Waals surface area contributed by atoms with Crippen molar-refractivity contribution in [3.05, 3.63) is 35.7 Å². The van der Waals surface area contributed by atoms with Crippen LogP contribution >= 0.6 is 11.6 Å². The van der Waals surface area contributed by atoms with Gasteiger partial charge in [0, 0.05) is 10.8 Å². The van der Waals surface area contributed by atoms with Crippen LogP contribution in [-0.4, -0.2) is 20.8 Å². The Balaban J connectivity index is 2.77. The highest BCUT2D eigenvalue weighted by Crippen LogP contribution is 2.28. The quantitative estimate of drug-likeness (QED) is 0.748. The predicted octanol–water partition coefficient (Wildman–Crippen LogP) is 3.37. The van der Waals surface area contributed by atoms with E-state index in [1.54, 1.807) is 6.07 Å². The Labute approximate surface area is 128 Å². The van der Waals surface area contributed by atoms with Crippen LogP contribution < -0.4 is 4.74 Å². The first kappa shape index (κ1) is 17.3. The van der Waals surface area contributed by atoms with Crippen LogP contribution in [0.2, 0.25) is 5.02 Å². The zero-order valence-electron chi connectivity index (χ0n) is 12.0. The summed E-state index contributed by atoms with van der Waals surface area (Å²) in [6.45, 7) is 8.55. The van der Waals surface area contributed by atoms with E-state index in [1.807, 2.05) is 26.0 Å². The molecule has 0 aliphatic heterocycles. The molecule has 0 aliphatic carbocycles. The van der Waals surface area contributed by atoms with E-state index in [4.69, 9.17) is 16.3 Å². The standard InChI is InChI=1S/C15H22ClO3S/c1-4-19-14-6-5-13(15(16)10-14)9-12(11(2)3)7-8-20(17)18/h5-6,10-12,20H,2,4,7-9H2,1,3H3. The van der Waals surface area contributed by atoms with Crippen molar-refractivity contribution < 1.29 is 13.2 Å². The summed E-state index contributed by atoms with van der Waals surface area (Å²) in [5.41, 5.74) is 1.01. The fraction of sp³-hybridized carbons (Fsp3) is 0.533. The molecule has 113 valence electrons. The SMILES string of the molecule is [CH2]C(C)C(CC[SH](=O)=O)Cc1ccc(OCC)cc1Cl. The lowest BCUT2D eigenvalue weighted by Crippen LogP contribution is -2.14. The number of rotatable bonds is 8. The molecule has 20 heavy (non-hydrogen) atoms. The van der Waals surface area contributed by atoms with Gasteiger partial charge < -0.3 is 4.74 Å². The van der Waals surface area contributed by atoms with Gasteiger partial charge in [-0.05, 0) is 49.3 Å². The second-order valence-corrected chi connectivity index (χ2v) is 6.49. The normalized spacial score (nSPS) is 12.9. The molecule has 0 bridgehead atoms. The third-order valence-electron chi connectivity index (χ3n) is 3.30. The van der Waals surface area contributed by atoms with Crippen LogP contribution in [-0.2, 0) is 17.1 Å². The fourth-order valence-electron chi connectivity index (χ4n) is 2.09. The van der Waals surface area contributed by atoms with E-state index in [0.29, 0.717) is 18.1 Å². The van der Waals surface area contributed by atoms with Gasteiger partial charge in [0.1, 0.15) is 16.5 Å². The zero-order chi connectivity index (χ0) is 15.1. The summed E-state index contributed by atoms with van der Waals surface area (Å²) in [5.74, 6) is 1.34. The molecular formula is C15H22ClO3S. The Hall–Kier alpha value is -0.740. The van der Waals surface area contributed by atoms with Crippen LogP contribution in [0.3, 0.4) is 0 Å². The first-order valence-electron chi connectivity index (χ1n) is 6.80. The Kier molecular flexibility index (Phi) is 7.38. The minimum Gasteiger partial charge on any atom is -0.494 e. The molecule has 0 aliphatic rings. The third-order valence-corrected chi connectivity index (χ3v) is 4.28. The molecule has 2 unspecified atom stereocenters. The monoisotopic (exact) mass is 317 g/mol. The summed E-state index contributed by atoms with van der Waals surface area (Å²) in [6, 6.07) is 5.64. The molecule has 0 N–H and O–H groups in total. The molecule has 5 heteroatoms. The lowest BCUT2D eigenvalue weighted by atomic mass is 9.87. The van der Waals surface area contributed by atoms with Crippen molar-refractivity contribution in [2.75, 3.05) is 12.4 Å². The van der Waals surface area contributed by atoms with Crippen molar-refractivity contribution in [1.29, 1.82) is 0 Å². The van der Waals surface area contributed by atoms with Gasteiger partial charge in [-0.3, -0.25) is 0 Å². The molecule has 0 aromatic heterocycles. The summed E-state index contributed by atoms with van der Waals surface area (Å²) in [7, 11) is -2.33. The van der Waals surface area contributed by atoms with Gasteiger partial charge in [-0.1, -0.05) is 31.5 Å². The molecule has 1 aromatic rings. The van der Waals surface area contributed by atoms with Crippen LogP contribution in [0, 0.1) is 18.8 Å². The van der Waals surface area contributed by atoms with Crippen molar-refractivity contribution >= 4 is 22.3 Å². The zero-order valence-corrected chi connectivity index (χ0v) is 13.6. The lowest BCUT2D eigenvalue weighted by Gasteiger charge is -2.20. The topological polar surface area (TPSA) is 43.4 Å². The van der Waals surface area contributed by atoms with Gasteiger partial charge in [0.05, 0.1) is 6.61 Å². The summed E-state index contributed by atoms with van der Waals surface area (Å²) >= 11 is 6.26. The summed E-state index contributed by atoms with van der Waals surface area (Å²) in [5, 5.41) is 0.660. The molecule has 0 saturated heterocycles. The number of hydrogen-bond donors (Lipinski definition) is 1. The van der Waals surface area contributed by atoms with Gasteiger partial charge in [0.2, 0.25) is 0 Å². The second-order valence-electron chi connectivity index (χ2n) is 4.97. The van der Waals surface area contributed by atoms with Crippen LogP contribution in [0.4, 0.5) is 0 Å². The summed E-state index contributed by atoms with van der Waals surface area (Å²) in [4.78, 5) is 0. The van der Waals surface area contributed by atoms with E-state index in [1.165, 1.54) is 0 Å². The van der Waals surface area contributed by atoms with Gasteiger partial charge in [0.25, 0.3) is 0 Å². The number of halogens is 1. The Bertz CT molecular complexity index is 490. The second kappa shape index (κ2) is 8.53. The maximum Gasteiger partial charge on any atom is 0.140 e. The minimum absolute atomic E-state index is 0.174. The van der Waals surface area contributed by atoms with E-state index in [0.717, 1.165) is 17.7 Å². The van der Waals surface area contributed by atoms with E-state index < -0.39 is 10.7 Å². The highest BCUT2D eigenvalue weighted by atomic mass is 35.5. The van der Waals surface area contributed by atoms with Crippen molar-refractivity contribution in [3.63, 3.8) is 0 Å². The van der Waals surface area contributed by atoms with Gasteiger partial charge >= 0.3 is 0 Å². The Morgan fingerprint density at radius 2 is 2.10 bits per heavy atom. The molecule has 3 nitrogen and oxygen atoms in total. The predicted molar refractivity (Wildman–Crippen MR) is 84.1 cm³/mol. The molecule has 0 fully saturated rings. The van der Waals surface area contributed by atoms with E-state index in [9.17, 15) is 8.42 Å². The van der Waals surface area contributed by atoms with Crippen LogP contribution in [0.25, 0.3) is 0 Å². The minimum atomic E-state index is -2.33. The lowest BCUT2D eigenvalue weighted by molar-refractivity contribution is 0.340. The highest BCUT2D eigenvalue weighted by molar-refractivity contribution is 7.72. The Morgan fingerprint density at radius 3 is 2.60 bits per heavy atom. The van der Waals surface area contributed by atoms with Crippen molar-refractivity contribution in [1.82, 2.24) is 0 Å². The number of ether oxygens (including phenoxy) is 1. The average Bonchev–Trinajstić information content (AvgIpc) is 2.36. The van der Waals surface area contributed by atoms with Crippen LogP contribution in [0.15, 0.2) is 18.2 Å². The molecule has 1 rings (SSSR count). The van der Waals surface area contributed by atoms with Gasteiger partial charge in [0.15, 0.2) is 0 Å². The van der Waals surface area contributed by atoms with Crippen molar-refractivity contribution in [2.24, 2.45) is 11.8 Å². The first-order chi connectivity index (χ1) is 9.43. The molecule has 0 heterocycles. The maximum atomic E-state index is 10.7. The van der Waals surface area contributed by atoms with E-state index in [2.05, 4.69) is 6.92 Å². The van der Waals surface area contributed by atoms with Crippen molar-refractivity contribution in [3.8, 4) is 5.75 Å². The molecule has 2 atom stereocenters. The summed E-state index contributed by atoms with van der Waals surface area (Å²) < 4.78 is 26.9. The van der Waals surface area contributed by atoms with Crippen molar-refractivity contribution in [2.45, 2.75) is 26.7 Å². The van der Waals surface area contributed by atoms with Gasteiger partial charge in [-0.15, -0.1) is 0 Å². The maximum absolute atomic E-state index is 10.7. The van der Waals surface area contributed by atoms with E-state index in [-0.39, 0.29) is 17.6 Å². The summed E-state index contributed by atoms with van der Waals surface area (Å²) in [6.07, 6.45) is 1.35. The average molecular weight is 318 g/mol. The molecular weight excluding hydrogens is 296 g/mol. The fourth-order valence-corrected chi connectivity index (χ4v) is 2.88. The molecule has 0 saturated carbocycles. The third kappa shape index (κ3) is 5.71. The van der Waals surface area contributed by atoms with Crippen LogP contribution in [0.5, 0.6) is 5.75 Å². The van der Waals surface area contributed by atoms with Gasteiger partial charge in [-0.25, -0.2) is 8.42 Å².